The van der Waals surface area contributed by atoms with Crippen molar-refractivity contribution < 1.29 is 9.18 Å². The molecule has 0 N–H and O–H groups in total. The van der Waals surface area contributed by atoms with Crippen LogP contribution in [-0.4, -0.2) is 24.3 Å². The molecule has 82 valence electrons. The highest BCUT2D eigenvalue weighted by molar-refractivity contribution is 5.77. The molecule has 15 heavy (non-hydrogen) atoms. The summed E-state index contributed by atoms with van der Waals surface area (Å²) >= 11 is 0. The molecule has 1 aromatic rings. The third-order valence-electron chi connectivity index (χ3n) is 2.54. The Morgan fingerprint density at radius 1 is 1.47 bits per heavy atom. The second-order valence-corrected chi connectivity index (χ2v) is 3.97. The molecule has 0 bridgehead atoms. The molecule has 0 aliphatic heterocycles. The Labute approximate surface area is 89.7 Å². The minimum absolute atomic E-state index is 0.368. The number of carbonyl (C=O) groups excluding carboxylic acids is 1. The highest BCUT2D eigenvalue weighted by atomic mass is 19.1. The van der Waals surface area contributed by atoms with Gasteiger partial charge in [-0.1, -0.05) is 6.07 Å². The topological polar surface area (TPSA) is 20.3 Å². The van der Waals surface area contributed by atoms with Crippen molar-refractivity contribution in [2.24, 2.45) is 0 Å². The van der Waals surface area contributed by atoms with E-state index in [4.69, 9.17) is 0 Å². The molecule has 0 aliphatic carbocycles. The monoisotopic (exact) mass is 209 g/mol. The molecule has 0 atom stereocenters. The normalized spacial score (nSPS) is 11.1. The molecule has 1 rings (SSSR count). The van der Waals surface area contributed by atoms with Crippen molar-refractivity contribution >= 4 is 6.29 Å². The smallest absolute Gasteiger partial charge is 0.150 e. The second kappa shape index (κ2) is 5.03. The van der Waals surface area contributed by atoms with E-state index in [1.165, 1.54) is 12.1 Å². The Balaban J connectivity index is 2.89. The van der Waals surface area contributed by atoms with Crippen molar-refractivity contribution in [3.05, 3.63) is 35.1 Å². The van der Waals surface area contributed by atoms with Gasteiger partial charge >= 0.3 is 0 Å². The molecule has 2 nitrogen and oxygen atoms in total. The van der Waals surface area contributed by atoms with Crippen LogP contribution in [0.15, 0.2) is 18.2 Å². The van der Waals surface area contributed by atoms with Gasteiger partial charge in [0.15, 0.2) is 0 Å². The first kappa shape index (κ1) is 11.9. The SMILES string of the molecule is CC(C)N(C)Cc1ccc(F)cc1C=O. The summed E-state index contributed by atoms with van der Waals surface area (Å²) in [4.78, 5) is 12.8. The maximum atomic E-state index is 12.9. The number of carbonyl (C=O) groups is 1. The Kier molecular flexibility index (Phi) is 3.97. The first-order valence-electron chi connectivity index (χ1n) is 4.98. The number of hydrogen-bond donors (Lipinski definition) is 0. The summed E-state index contributed by atoms with van der Waals surface area (Å²) in [6, 6.07) is 4.72. The maximum absolute atomic E-state index is 12.9. The van der Waals surface area contributed by atoms with Crippen molar-refractivity contribution in [3.63, 3.8) is 0 Å². The van der Waals surface area contributed by atoms with Crippen molar-refractivity contribution in [1.82, 2.24) is 4.90 Å². The Hall–Kier alpha value is -1.22. The Morgan fingerprint density at radius 2 is 2.13 bits per heavy atom. The molecule has 1 aromatic carbocycles. The summed E-state index contributed by atoms with van der Waals surface area (Å²) in [7, 11) is 1.97. The standard InChI is InChI=1S/C12H16FNO/c1-9(2)14(3)7-10-4-5-12(13)6-11(10)8-15/h4-6,8-9H,7H2,1-3H3. The highest BCUT2D eigenvalue weighted by Gasteiger charge is 2.08. The van der Waals surface area contributed by atoms with E-state index < -0.39 is 0 Å². The lowest BCUT2D eigenvalue weighted by molar-refractivity contribution is 0.112. The molecule has 0 radical (unpaired) electrons. The van der Waals surface area contributed by atoms with Gasteiger partial charge < -0.3 is 0 Å². The van der Waals surface area contributed by atoms with E-state index in [1.54, 1.807) is 6.07 Å². The number of hydrogen-bond acceptors (Lipinski definition) is 2. The summed E-state index contributed by atoms with van der Waals surface area (Å²) in [6.07, 6.45) is 0.701. The predicted octanol–water partition coefficient (Wildman–Crippen LogP) is 2.48. The van der Waals surface area contributed by atoms with Gasteiger partial charge in [-0.2, -0.15) is 0 Å². The molecule has 0 aromatic heterocycles. The van der Waals surface area contributed by atoms with Crippen LogP contribution in [0, 0.1) is 5.82 Å². The van der Waals surface area contributed by atoms with Gasteiger partial charge in [0.25, 0.3) is 0 Å². The van der Waals surface area contributed by atoms with Crippen molar-refractivity contribution in [3.8, 4) is 0 Å². The van der Waals surface area contributed by atoms with Gasteiger partial charge in [0, 0.05) is 18.2 Å². The number of aldehydes is 1. The van der Waals surface area contributed by atoms with Crippen LogP contribution < -0.4 is 0 Å². The second-order valence-electron chi connectivity index (χ2n) is 3.97. The van der Waals surface area contributed by atoms with Crippen LogP contribution in [-0.2, 0) is 6.54 Å². The largest absolute Gasteiger partial charge is 0.300 e. The van der Waals surface area contributed by atoms with E-state index in [-0.39, 0.29) is 5.82 Å². The molecule has 0 heterocycles. The molecule has 0 saturated carbocycles. The fraction of sp³-hybridized carbons (Fsp3) is 0.417. The Bertz CT molecular complexity index is 349. The first-order valence-corrected chi connectivity index (χ1v) is 4.98. The van der Waals surface area contributed by atoms with Crippen molar-refractivity contribution in [2.75, 3.05) is 7.05 Å². The number of nitrogens with zero attached hydrogens (tertiary/aromatic N) is 1. The quantitative estimate of drug-likeness (QED) is 0.710. The van der Waals surface area contributed by atoms with E-state index >= 15 is 0 Å². The molecule has 0 fully saturated rings. The lowest BCUT2D eigenvalue weighted by Gasteiger charge is -2.21. The van der Waals surface area contributed by atoms with Crippen LogP contribution in [0.3, 0.4) is 0 Å². The number of halogens is 1. The first-order chi connectivity index (χ1) is 7.04. The summed E-state index contributed by atoms with van der Waals surface area (Å²) in [6.45, 7) is 4.81. The molecule has 0 unspecified atom stereocenters. The summed E-state index contributed by atoms with van der Waals surface area (Å²) in [5.74, 6) is -0.368. The predicted molar refractivity (Wildman–Crippen MR) is 58.4 cm³/mol. The van der Waals surface area contributed by atoms with E-state index in [1.807, 2.05) is 7.05 Å². The van der Waals surface area contributed by atoms with Gasteiger partial charge in [-0.05, 0) is 38.6 Å². The molecular formula is C12H16FNO. The van der Waals surface area contributed by atoms with Gasteiger partial charge in [0.2, 0.25) is 0 Å². The van der Waals surface area contributed by atoms with E-state index in [9.17, 15) is 9.18 Å². The van der Waals surface area contributed by atoms with Crippen LogP contribution >= 0.6 is 0 Å². The van der Waals surface area contributed by atoms with Crippen LogP contribution in [0.4, 0.5) is 4.39 Å². The molecular weight excluding hydrogens is 193 g/mol. The molecule has 0 saturated heterocycles. The number of benzene rings is 1. The molecule has 0 amide bonds. The maximum Gasteiger partial charge on any atom is 0.150 e. The van der Waals surface area contributed by atoms with Crippen LogP contribution in [0.25, 0.3) is 0 Å². The number of rotatable bonds is 4. The fourth-order valence-corrected chi connectivity index (χ4v) is 1.27. The van der Waals surface area contributed by atoms with Gasteiger partial charge in [-0.3, -0.25) is 9.69 Å². The zero-order valence-corrected chi connectivity index (χ0v) is 9.33. The fourth-order valence-electron chi connectivity index (χ4n) is 1.27. The van der Waals surface area contributed by atoms with Crippen molar-refractivity contribution in [2.45, 2.75) is 26.4 Å². The average molecular weight is 209 g/mol. The molecule has 0 aliphatic rings. The van der Waals surface area contributed by atoms with E-state index in [2.05, 4.69) is 18.7 Å². The average Bonchev–Trinajstić information content (AvgIpc) is 2.20. The van der Waals surface area contributed by atoms with Crippen molar-refractivity contribution in [1.29, 1.82) is 0 Å². The minimum atomic E-state index is -0.368. The third kappa shape index (κ3) is 3.13. The van der Waals surface area contributed by atoms with Gasteiger partial charge in [-0.15, -0.1) is 0 Å². The zero-order valence-electron chi connectivity index (χ0n) is 9.33. The van der Waals surface area contributed by atoms with E-state index in [0.29, 0.717) is 24.4 Å². The molecule has 0 spiro atoms. The van der Waals surface area contributed by atoms with Crippen LogP contribution in [0.2, 0.25) is 0 Å². The van der Waals surface area contributed by atoms with Gasteiger partial charge in [0.1, 0.15) is 12.1 Å². The Morgan fingerprint density at radius 3 is 2.67 bits per heavy atom. The summed E-state index contributed by atoms with van der Waals surface area (Å²) in [5.41, 5.74) is 1.30. The summed E-state index contributed by atoms with van der Waals surface area (Å²) < 4.78 is 12.9. The lowest BCUT2D eigenvalue weighted by Crippen LogP contribution is -2.26. The molecule has 3 heteroatoms. The minimum Gasteiger partial charge on any atom is -0.300 e. The lowest BCUT2D eigenvalue weighted by atomic mass is 10.1. The third-order valence-corrected chi connectivity index (χ3v) is 2.54. The van der Waals surface area contributed by atoms with Crippen LogP contribution in [0.1, 0.15) is 29.8 Å². The highest BCUT2D eigenvalue weighted by Crippen LogP contribution is 2.12. The van der Waals surface area contributed by atoms with Gasteiger partial charge in [0.05, 0.1) is 0 Å². The van der Waals surface area contributed by atoms with Crippen LogP contribution in [0.5, 0.6) is 0 Å². The van der Waals surface area contributed by atoms with Gasteiger partial charge in [-0.25, -0.2) is 4.39 Å². The summed E-state index contributed by atoms with van der Waals surface area (Å²) in [5, 5.41) is 0. The van der Waals surface area contributed by atoms with E-state index in [0.717, 1.165) is 5.56 Å². The zero-order chi connectivity index (χ0) is 11.4.